The van der Waals surface area contributed by atoms with E-state index in [4.69, 9.17) is 18.5 Å². The summed E-state index contributed by atoms with van der Waals surface area (Å²) in [6.45, 7) is 5.65. The maximum Gasteiger partial charge on any atom is 0.356 e. The van der Waals surface area contributed by atoms with Gasteiger partial charge in [-0.2, -0.15) is 0 Å². The molecule has 22 heavy (non-hydrogen) atoms. The van der Waals surface area contributed by atoms with Crippen molar-refractivity contribution in [1.29, 1.82) is 0 Å². The van der Waals surface area contributed by atoms with Gasteiger partial charge in [-0.05, 0) is 19.4 Å². The van der Waals surface area contributed by atoms with Crippen LogP contribution in [-0.2, 0) is 29.7 Å². The molecule has 0 aliphatic carbocycles. The number of ether oxygens (including phenoxy) is 2. The molecule has 0 aliphatic rings. The van der Waals surface area contributed by atoms with E-state index in [0.29, 0.717) is 33.0 Å². The molecule has 0 saturated carbocycles. The van der Waals surface area contributed by atoms with E-state index in [-0.39, 0.29) is 6.35 Å². The Bertz CT molecular complexity index is 451. The highest BCUT2D eigenvalue weighted by atomic mass is 31.2. The van der Waals surface area contributed by atoms with Gasteiger partial charge < -0.3 is 18.5 Å². The van der Waals surface area contributed by atoms with Gasteiger partial charge in [0.25, 0.3) is 0 Å². The first-order chi connectivity index (χ1) is 10.7. The summed E-state index contributed by atoms with van der Waals surface area (Å²) < 4.78 is 33.1. The van der Waals surface area contributed by atoms with Gasteiger partial charge in [0.1, 0.15) is 6.35 Å². The Morgan fingerprint density at radius 1 is 0.955 bits per heavy atom. The zero-order chi connectivity index (χ0) is 16.1. The summed E-state index contributed by atoms with van der Waals surface area (Å²) in [6, 6.07) is 9.98. The Kier molecular flexibility index (Phi) is 10.0. The lowest BCUT2D eigenvalue weighted by Crippen LogP contribution is -2.03. The Morgan fingerprint density at radius 3 is 2.14 bits per heavy atom. The molecule has 0 spiro atoms. The molecule has 1 aromatic rings. The highest BCUT2D eigenvalue weighted by Gasteiger charge is 2.23. The van der Waals surface area contributed by atoms with E-state index in [9.17, 15) is 4.57 Å². The molecule has 0 atom stereocenters. The van der Waals surface area contributed by atoms with E-state index in [2.05, 4.69) is 0 Å². The van der Waals surface area contributed by atoms with Gasteiger partial charge in [-0.1, -0.05) is 42.5 Å². The molecule has 124 valence electrons. The van der Waals surface area contributed by atoms with E-state index in [1.807, 2.05) is 42.5 Å². The standard InChI is InChI=1S/C16H25O5P/c1-3-20-22(17,21-4-2)15-19-13-9-8-12-18-14-16-10-6-5-7-11-16/h5-11H,3-4,12-15H2,1-2H3/b9-8-. The number of benzene rings is 1. The molecule has 0 aromatic heterocycles. The van der Waals surface area contributed by atoms with Crippen molar-refractivity contribution in [3.63, 3.8) is 0 Å². The molecule has 0 N–H and O–H groups in total. The van der Waals surface area contributed by atoms with Gasteiger partial charge in [0.15, 0.2) is 0 Å². The van der Waals surface area contributed by atoms with E-state index < -0.39 is 7.60 Å². The zero-order valence-corrected chi connectivity index (χ0v) is 14.2. The van der Waals surface area contributed by atoms with Crippen molar-refractivity contribution in [2.45, 2.75) is 20.5 Å². The summed E-state index contributed by atoms with van der Waals surface area (Å²) in [6.07, 6.45) is 3.66. The Hall–Kier alpha value is -0.970. The monoisotopic (exact) mass is 328 g/mol. The molecule has 0 saturated heterocycles. The fourth-order valence-corrected chi connectivity index (χ4v) is 3.03. The summed E-state index contributed by atoms with van der Waals surface area (Å²) in [7, 11) is -3.11. The van der Waals surface area contributed by atoms with Gasteiger partial charge in [-0.25, -0.2) is 0 Å². The van der Waals surface area contributed by atoms with Crippen molar-refractivity contribution in [2.75, 3.05) is 32.8 Å². The lowest BCUT2D eigenvalue weighted by molar-refractivity contribution is 0.143. The molecular weight excluding hydrogens is 303 g/mol. The molecule has 0 unspecified atom stereocenters. The second-order valence-electron chi connectivity index (χ2n) is 4.42. The summed E-state index contributed by atoms with van der Waals surface area (Å²) in [5.74, 6) is 0. The van der Waals surface area contributed by atoms with Crippen LogP contribution in [0.3, 0.4) is 0 Å². The Labute approximate surface area is 132 Å². The van der Waals surface area contributed by atoms with E-state index in [0.717, 1.165) is 5.56 Å². The quantitative estimate of drug-likeness (QED) is 0.330. The molecule has 0 fully saturated rings. The van der Waals surface area contributed by atoms with Gasteiger partial charge in [-0.3, -0.25) is 4.57 Å². The van der Waals surface area contributed by atoms with E-state index in [1.54, 1.807) is 13.8 Å². The minimum atomic E-state index is -3.11. The molecule has 0 bridgehead atoms. The largest absolute Gasteiger partial charge is 0.373 e. The summed E-state index contributed by atoms with van der Waals surface area (Å²) in [5.41, 5.74) is 1.14. The molecule has 5 nitrogen and oxygen atoms in total. The van der Waals surface area contributed by atoms with Crippen LogP contribution in [0, 0.1) is 0 Å². The first kappa shape index (κ1) is 19.1. The second kappa shape index (κ2) is 11.6. The third kappa shape index (κ3) is 8.47. The smallest absolute Gasteiger partial charge is 0.356 e. The van der Waals surface area contributed by atoms with Crippen LogP contribution in [0.5, 0.6) is 0 Å². The fourth-order valence-electron chi connectivity index (χ4n) is 1.69. The minimum absolute atomic E-state index is 0.0378. The van der Waals surface area contributed by atoms with Gasteiger partial charge in [-0.15, -0.1) is 0 Å². The van der Waals surface area contributed by atoms with E-state index in [1.165, 1.54) is 0 Å². The molecule has 1 aromatic carbocycles. The number of hydrogen-bond acceptors (Lipinski definition) is 5. The molecule has 1 rings (SSSR count). The van der Waals surface area contributed by atoms with Crippen molar-refractivity contribution in [2.24, 2.45) is 0 Å². The van der Waals surface area contributed by atoms with Crippen LogP contribution in [0.2, 0.25) is 0 Å². The average Bonchev–Trinajstić information content (AvgIpc) is 2.51. The van der Waals surface area contributed by atoms with Gasteiger partial charge in [0.05, 0.1) is 33.0 Å². The third-order valence-electron chi connectivity index (χ3n) is 2.61. The normalized spacial score (nSPS) is 12.1. The summed E-state index contributed by atoms with van der Waals surface area (Å²) in [4.78, 5) is 0. The van der Waals surface area contributed by atoms with Crippen molar-refractivity contribution in [1.82, 2.24) is 0 Å². The lowest BCUT2D eigenvalue weighted by atomic mass is 10.2. The molecule has 0 aliphatic heterocycles. The maximum absolute atomic E-state index is 12.1. The molecule has 0 amide bonds. The van der Waals surface area contributed by atoms with Crippen LogP contribution < -0.4 is 0 Å². The predicted molar refractivity (Wildman–Crippen MR) is 86.9 cm³/mol. The first-order valence-electron chi connectivity index (χ1n) is 7.42. The van der Waals surface area contributed by atoms with Crippen LogP contribution in [0.15, 0.2) is 42.5 Å². The van der Waals surface area contributed by atoms with Crippen LogP contribution in [-0.4, -0.2) is 32.8 Å². The number of hydrogen-bond donors (Lipinski definition) is 0. The molecule has 0 radical (unpaired) electrons. The summed E-state index contributed by atoms with van der Waals surface area (Å²) in [5, 5.41) is 0. The fraction of sp³-hybridized carbons (Fsp3) is 0.500. The first-order valence-corrected chi connectivity index (χ1v) is 9.15. The maximum atomic E-state index is 12.1. The van der Waals surface area contributed by atoms with Crippen LogP contribution in [0.1, 0.15) is 19.4 Å². The highest BCUT2D eigenvalue weighted by Crippen LogP contribution is 2.47. The summed E-state index contributed by atoms with van der Waals surface area (Å²) >= 11 is 0. The van der Waals surface area contributed by atoms with Crippen LogP contribution in [0.25, 0.3) is 0 Å². The van der Waals surface area contributed by atoms with Crippen LogP contribution >= 0.6 is 7.60 Å². The van der Waals surface area contributed by atoms with Gasteiger partial charge in [0, 0.05) is 0 Å². The third-order valence-corrected chi connectivity index (χ3v) is 4.41. The average molecular weight is 328 g/mol. The van der Waals surface area contributed by atoms with Crippen molar-refractivity contribution >= 4 is 7.60 Å². The predicted octanol–water partition coefficient (Wildman–Crippen LogP) is 4.00. The van der Waals surface area contributed by atoms with Crippen LogP contribution in [0.4, 0.5) is 0 Å². The van der Waals surface area contributed by atoms with Gasteiger partial charge >= 0.3 is 7.60 Å². The van der Waals surface area contributed by atoms with Crippen molar-refractivity contribution in [3.8, 4) is 0 Å². The topological polar surface area (TPSA) is 54.0 Å². The van der Waals surface area contributed by atoms with Gasteiger partial charge in [0.2, 0.25) is 0 Å². The van der Waals surface area contributed by atoms with Crippen molar-refractivity contribution < 1.29 is 23.1 Å². The molecule has 0 heterocycles. The SMILES string of the molecule is CCOP(=O)(COC/C=C\COCc1ccccc1)OCC. The van der Waals surface area contributed by atoms with Crippen molar-refractivity contribution in [3.05, 3.63) is 48.0 Å². The second-order valence-corrected chi connectivity index (χ2v) is 6.41. The number of rotatable bonds is 12. The lowest BCUT2D eigenvalue weighted by Gasteiger charge is -2.16. The molecular formula is C16H25O5P. The Balaban J connectivity index is 2.12. The molecule has 6 heteroatoms. The Morgan fingerprint density at radius 2 is 1.55 bits per heavy atom. The highest BCUT2D eigenvalue weighted by molar-refractivity contribution is 7.53. The minimum Gasteiger partial charge on any atom is -0.373 e. The zero-order valence-electron chi connectivity index (χ0n) is 13.3. The van der Waals surface area contributed by atoms with E-state index >= 15 is 0 Å².